The third-order valence-corrected chi connectivity index (χ3v) is 4.30. The van der Waals surface area contributed by atoms with Crippen LogP contribution in [0.2, 0.25) is 0 Å². The van der Waals surface area contributed by atoms with Gasteiger partial charge in [0.25, 0.3) is 0 Å². The van der Waals surface area contributed by atoms with Crippen molar-refractivity contribution in [3.8, 4) is 0 Å². The van der Waals surface area contributed by atoms with Gasteiger partial charge in [0.2, 0.25) is 0 Å². The van der Waals surface area contributed by atoms with Crippen molar-refractivity contribution in [3.05, 3.63) is 10.0 Å². The maximum Gasteiger partial charge on any atom is 0.125 e. The monoisotopic (exact) mass is 241 g/mol. The number of aromatic nitrogens is 2. The van der Waals surface area contributed by atoms with Gasteiger partial charge in [0.15, 0.2) is 0 Å². The van der Waals surface area contributed by atoms with Crippen LogP contribution in [-0.4, -0.2) is 30.0 Å². The first-order chi connectivity index (χ1) is 7.74. The molecule has 0 saturated carbocycles. The number of rotatable bonds is 4. The minimum Gasteiger partial charge on any atom is -0.380 e. The highest BCUT2D eigenvalue weighted by Crippen LogP contribution is 2.34. The molecule has 0 spiro atoms. The fraction of sp³-hybridized carbons (Fsp3) is 0.818. The summed E-state index contributed by atoms with van der Waals surface area (Å²) in [7, 11) is 0. The minimum absolute atomic E-state index is 0.0802. The van der Waals surface area contributed by atoms with E-state index in [-0.39, 0.29) is 5.41 Å². The first-order valence-corrected chi connectivity index (χ1v) is 6.67. The third kappa shape index (κ3) is 2.59. The largest absolute Gasteiger partial charge is 0.380 e. The molecule has 1 aromatic heterocycles. The molecule has 2 rings (SSSR count). The molecule has 1 saturated heterocycles. The van der Waals surface area contributed by atoms with Gasteiger partial charge >= 0.3 is 0 Å². The number of nitrogens with two attached hydrogens (primary N) is 1. The van der Waals surface area contributed by atoms with Gasteiger partial charge in [-0.05, 0) is 25.8 Å². The molecular formula is C11H19N3OS. The quantitative estimate of drug-likeness (QED) is 0.867. The lowest BCUT2D eigenvalue weighted by molar-refractivity contribution is 0.0416. The molecule has 1 aromatic rings. The Hall–Kier alpha value is -0.520. The van der Waals surface area contributed by atoms with Gasteiger partial charge in [0.05, 0.1) is 6.61 Å². The number of hydrogen-bond acceptors (Lipinski definition) is 5. The van der Waals surface area contributed by atoms with Crippen LogP contribution in [0.3, 0.4) is 0 Å². The van der Waals surface area contributed by atoms with Gasteiger partial charge in [0, 0.05) is 18.4 Å². The first-order valence-electron chi connectivity index (χ1n) is 5.85. The average molecular weight is 241 g/mol. The number of ether oxygens (including phenoxy) is 1. The first kappa shape index (κ1) is 12.0. The Morgan fingerprint density at radius 3 is 3.06 bits per heavy atom. The molecule has 0 bridgehead atoms. The Balaban J connectivity index is 2.05. The van der Waals surface area contributed by atoms with E-state index in [0.29, 0.717) is 0 Å². The van der Waals surface area contributed by atoms with Gasteiger partial charge in [-0.2, -0.15) is 0 Å². The zero-order valence-corrected chi connectivity index (χ0v) is 10.6. The van der Waals surface area contributed by atoms with E-state index in [2.05, 4.69) is 17.1 Å². The van der Waals surface area contributed by atoms with Crippen molar-refractivity contribution in [2.24, 2.45) is 5.73 Å². The summed E-state index contributed by atoms with van der Waals surface area (Å²) in [6.07, 6.45) is 4.21. The molecule has 0 aromatic carbocycles. The van der Waals surface area contributed by atoms with Gasteiger partial charge in [-0.15, -0.1) is 21.5 Å². The predicted octanol–water partition coefficient (Wildman–Crippen LogP) is 1.50. The molecule has 16 heavy (non-hydrogen) atoms. The van der Waals surface area contributed by atoms with Crippen molar-refractivity contribution in [2.75, 3.05) is 19.8 Å². The van der Waals surface area contributed by atoms with Crippen molar-refractivity contribution in [3.63, 3.8) is 0 Å². The van der Waals surface area contributed by atoms with E-state index in [9.17, 15) is 0 Å². The van der Waals surface area contributed by atoms with E-state index in [1.165, 1.54) is 0 Å². The topological polar surface area (TPSA) is 61.0 Å². The Labute approximate surface area is 100 Å². The summed E-state index contributed by atoms with van der Waals surface area (Å²) in [5, 5.41) is 10.8. The van der Waals surface area contributed by atoms with Crippen LogP contribution in [0.1, 0.15) is 36.2 Å². The third-order valence-electron chi connectivity index (χ3n) is 3.02. The summed E-state index contributed by atoms with van der Waals surface area (Å²) in [5.41, 5.74) is 5.57. The van der Waals surface area contributed by atoms with Crippen molar-refractivity contribution < 1.29 is 4.74 Å². The molecule has 2 heterocycles. The molecule has 1 fully saturated rings. The van der Waals surface area contributed by atoms with Gasteiger partial charge < -0.3 is 10.5 Å². The van der Waals surface area contributed by atoms with Crippen LogP contribution in [0.15, 0.2) is 0 Å². The second-order valence-electron chi connectivity index (χ2n) is 4.61. The Bertz CT molecular complexity index is 334. The van der Waals surface area contributed by atoms with E-state index in [4.69, 9.17) is 10.5 Å². The van der Waals surface area contributed by atoms with Gasteiger partial charge in [-0.25, -0.2) is 0 Å². The second-order valence-corrected chi connectivity index (χ2v) is 5.67. The second kappa shape index (κ2) is 5.21. The molecule has 90 valence electrons. The summed E-state index contributed by atoms with van der Waals surface area (Å²) in [6, 6.07) is 0. The minimum atomic E-state index is 0.0802. The fourth-order valence-electron chi connectivity index (χ4n) is 1.95. The van der Waals surface area contributed by atoms with Crippen LogP contribution in [0.25, 0.3) is 0 Å². The highest BCUT2D eigenvalue weighted by molar-refractivity contribution is 7.11. The fourth-order valence-corrected chi connectivity index (χ4v) is 2.99. The van der Waals surface area contributed by atoms with Crippen LogP contribution in [0.5, 0.6) is 0 Å². The van der Waals surface area contributed by atoms with Crippen LogP contribution < -0.4 is 5.73 Å². The maximum atomic E-state index is 5.55. The van der Waals surface area contributed by atoms with Crippen LogP contribution in [-0.2, 0) is 16.6 Å². The normalized spacial score (nSPS) is 25.9. The van der Waals surface area contributed by atoms with Crippen molar-refractivity contribution >= 4 is 11.3 Å². The highest BCUT2D eigenvalue weighted by atomic mass is 32.1. The summed E-state index contributed by atoms with van der Waals surface area (Å²) in [5.74, 6) is 0. The lowest BCUT2D eigenvalue weighted by Crippen LogP contribution is -2.32. The van der Waals surface area contributed by atoms with E-state index in [0.717, 1.165) is 55.5 Å². The molecule has 1 aliphatic rings. The summed E-state index contributed by atoms with van der Waals surface area (Å²) >= 11 is 1.72. The number of nitrogens with zero attached hydrogens (tertiary/aromatic N) is 2. The zero-order chi connectivity index (χ0) is 11.4. The van der Waals surface area contributed by atoms with Crippen molar-refractivity contribution in [1.82, 2.24) is 10.2 Å². The number of hydrogen-bond donors (Lipinski definition) is 1. The van der Waals surface area contributed by atoms with E-state index < -0.39 is 0 Å². The summed E-state index contributed by atoms with van der Waals surface area (Å²) < 4.78 is 5.55. The molecule has 1 unspecified atom stereocenters. The van der Waals surface area contributed by atoms with Gasteiger partial charge in [-0.3, -0.25) is 0 Å². The van der Waals surface area contributed by atoms with Crippen LogP contribution in [0.4, 0.5) is 0 Å². The maximum absolute atomic E-state index is 5.55. The molecule has 0 aliphatic carbocycles. The number of aryl methyl sites for hydroxylation is 1. The Morgan fingerprint density at radius 2 is 2.38 bits per heavy atom. The lowest BCUT2D eigenvalue weighted by atomic mass is 9.86. The van der Waals surface area contributed by atoms with Crippen LogP contribution >= 0.6 is 11.3 Å². The van der Waals surface area contributed by atoms with Gasteiger partial charge in [-0.1, -0.05) is 6.92 Å². The molecule has 2 N–H and O–H groups in total. The zero-order valence-electron chi connectivity index (χ0n) is 9.74. The smallest absolute Gasteiger partial charge is 0.125 e. The molecule has 1 aliphatic heterocycles. The summed E-state index contributed by atoms with van der Waals surface area (Å²) in [4.78, 5) is 0. The molecule has 4 nitrogen and oxygen atoms in total. The predicted molar refractivity (Wildman–Crippen MR) is 64.7 cm³/mol. The van der Waals surface area contributed by atoms with Crippen molar-refractivity contribution in [2.45, 2.75) is 38.0 Å². The molecule has 0 amide bonds. The average Bonchev–Trinajstić information content (AvgIpc) is 2.77. The lowest BCUT2D eigenvalue weighted by Gasteiger charge is -2.30. The molecule has 0 radical (unpaired) electrons. The summed E-state index contributed by atoms with van der Waals surface area (Å²) in [6.45, 7) is 4.60. The molecular weight excluding hydrogens is 222 g/mol. The SMILES string of the molecule is CC1(c2nnc(CCCN)s2)CCCOC1. The van der Waals surface area contributed by atoms with Crippen LogP contribution in [0, 0.1) is 0 Å². The highest BCUT2D eigenvalue weighted by Gasteiger charge is 2.33. The Kier molecular flexibility index (Phi) is 3.89. The standard InChI is InChI=1S/C11H19N3OS/c1-11(5-3-7-15-8-11)10-14-13-9(16-10)4-2-6-12/h2-8,12H2,1H3. The van der Waals surface area contributed by atoms with E-state index >= 15 is 0 Å². The molecule has 1 atom stereocenters. The van der Waals surface area contributed by atoms with Gasteiger partial charge in [0.1, 0.15) is 10.0 Å². The van der Waals surface area contributed by atoms with E-state index in [1.54, 1.807) is 11.3 Å². The van der Waals surface area contributed by atoms with Crippen molar-refractivity contribution in [1.29, 1.82) is 0 Å². The Morgan fingerprint density at radius 1 is 1.50 bits per heavy atom. The van der Waals surface area contributed by atoms with E-state index in [1.807, 2.05) is 0 Å². The molecule has 5 heteroatoms.